The van der Waals surface area contributed by atoms with E-state index in [1.165, 1.54) is 38.1 Å². The Balaban J connectivity index is 1.76. The van der Waals surface area contributed by atoms with Crippen LogP contribution < -0.4 is 14.7 Å². The third kappa shape index (κ3) is 4.69. The summed E-state index contributed by atoms with van der Waals surface area (Å²) in [6.07, 6.45) is 0. The van der Waals surface area contributed by atoms with Crippen LogP contribution in [0.2, 0.25) is 0 Å². The highest BCUT2D eigenvalue weighted by Crippen LogP contribution is 2.49. The summed E-state index contributed by atoms with van der Waals surface area (Å²) in [5.41, 5.74) is 1.85. The van der Waals surface area contributed by atoms with Crippen LogP contribution in [-0.4, -0.2) is 11.5 Å². The van der Waals surface area contributed by atoms with Gasteiger partial charge in [0.15, 0.2) is 0 Å². The number of ether oxygens (including phenoxy) is 1. The Morgan fingerprint density at radius 2 is 1.69 bits per heavy atom. The van der Waals surface area contributed by atoms with Crippen LogP contribution in [0.25, 0.3) is 0 Å². The van der Waals surface area contributed by atoms with Crippen molar-refractivity contribution < 1.29 is 32.8 Å². The number of hydroxylamine groups is 1. The van der Waals surface area contributed by atoms with Gasteiger partial charge >= 0.3 is 13.8 Å². The van der Waals surface area contributed by atoms with E-state index in [9.17, 15) is 9.36 Å². The van der Waals surface area contributed by atoms with E-state index in [0.717, 1.165) is 5.56 Å². The first kappa shape index (κ1) is 18.6. The zero-order chi connectivity index (χ0) is 18.6. The van der Waals surface area contributed by atoms with E-state index in [2.05, 4.69) is 5.48 Å². The standard InChI is InChI=1S/C17H18NO7P/c1-17(2)16(19)22-14-8-10-15(11-9-14)23-26(20,24-18-17)25-21-12-13-6-4-3-5-7-13/h3-11,18H,12H2,1-2H3. The van der Waals surface area contributed by atoms with Gasteiger partial charge in [-0.15, -0.1) is 4.67 Å². The van der Waals surface area contributed by atoms with Gasteiger partial charge in [-0.25, -0.2) is 14.2 Å². The molecule has 138 valence electrons. The van der Waals surface area contributed by atoms with Crippen molar-refractivity contribution in [2.24, 2.45) is 0 Å². The first-order valence-electron chi connectivity index (χ1n) is 7.79. The molecule has 2 aromatic carbocycles. The molecule has 2 heterocycles. The Morgan fingerprint density at radius 1 is 1.04 bits per heavy atom. The van der Waals surface area contributed by atoms with Crippen LogP contribution in [0.1, 0.15) is 19.4 Å². The van der Waals surface area contributed by atoms with Crippen molar-refractivity contribution in [2.75, 3.05) is 0 Å². The Hall–Kier alpha value is -2.22. The largest absolute Gasteiger partial charge is 0.574 e. The summed E-state index contributed by atoms with van der Waals surface area (Å²) < 4.78 is 33.4. The smallest absolute Gasteiger partial charge is 0.425 e. The second-order valence-electron chi connectivity index (χ2n) is 6.04. The van der Waals surface area contributed by atoms with Crippen molar-refractivity contribution in [3.8, 4) is 11.5 Å². The SMILES string of the molecule is CC1(C)NOP(=O)(OOCc2ccccc2)Oc2ccc(cc2)OC1=O. The van der Waals surface area contributed by atoms with Crippen LogP contribution in [0.15, 0.2) is 54.6 Å². The number of benzene rings is 2. The Bertz CT molecular complexity index is 808. The number of carbonyl (C=O) groups is 1. The van der Waals surface area contributed by atoms with Gasteiger partial charge in [0.25, 0.3) is 0 Å². The number of hydrogen-bond donors (Lipinski definition) is 1. The normalized spacial score (nSPS) is 22.2. The van der Waals surface area contributed by atoms with Crippen molar-refractivity contribution in [2.45, 2.75) is 26.0 Å². The van der Waals surface area contributed by atoms with E-state index in [0.29, 0.717) is 5.75 Å². The van der Waals surface area contributed by atoms with Gasteiger partial charge in [-0.3, -0.25) is 0 Å². The van der Waals surface area contributed by atoms with Crippen LogP contribution >= 0.6 is 7.82 Å². The minimum absolute atomic E-state index is 0.0297. The summed E-state index contributed by atoms with van der Waals surface area (Å²) >= 11 is 0. The van der Waals surface area contributed by atoms with Crippen molar-refractivity contribution in [1.82, 2.24) is 5.48 Å². The highest BCUT2D eigenvalue weighted by Gasteiger charge is 2.38. The van der Waals surface area contributed by atoms with Crippen molar-refractivity contribution in [1.29, 1.82) is 0 Å². The Kier molecular flexibility index (Phi) is 5.41. The molecule has 0 aliphatic carbocycles. The first-order valence-corrected chi connectivity index (χ1v) is 9.25. The lowest BCUT2D eigenvalue weighted by Gasteiger charge is -2.24. The molecule has 9 heteroatoms. The third-order valence-corrected chi connectivity index (χ3v) is 4.42. The molecule has 8 nitrogen and oxygen atoms in total. The third-order valence-electron chi connectivity index (χ3n) is 3.39. The van der Waals surface area contributed by atoms with E-state index in [1.54, 1.807) is 0 Å². The Morgan fingerprint density at radius 3 is 2.38 bits per heavy atom. The molecule has 1 unspecified atom stereocenters. The number of carbonyl (C=O) groups excluding carboxylic acids is 1. The highest BCUT2D eigenvalue weighted by atomic mass is 31.2. The molecule has 4 rings (SSSR count). The van der Waals surface area contributed by atoms with Crippen molar-refractivity contribution in [3.05, 3.63) is 60.2 Å². The van der Waals surface area contributed by atoms with Crippen LogP contribution in [0.4, 0.5) is 0 Å². The molecule has 2 aliphatic heterocycles. The molecule has 0 saturated heterocycles. The van der Waals surface area contributed by atoms with Crippen LogP contribution in [0.5, 0.6) is 11.5 Å². The van der Waals surface area contributed by atoms with Gasteiger partial charge in [0.2, 0.25) is 0 Å². The molecule has 1 atom stereocenters. The van der Waals surface area contributed by atoms with E-state index >= 15 is 0 Å². The number of fused-ring (bicyclic) bond motifs is 8. The number of rotatable bonds is 4. The summed E-state index contributed by atoms with van der Waals surface area (Å²) in [7, 11) is -4.23. The molecule has 0 amide bonds. The molecule has 1 N–H and O–H groups in total. The summed E-state index contributed by atoms with van der Waals surface area (Å²) in [6, 6.07) is 15.1. The fraction of sp³-hybridized carbons (Fsp3) is 0.235. The topological polar surface area (TPSA) is 92.3 Å². The lowest BCUT2D eigenvalue weighted by Crippen LogP contribution is -2.48. The molecule has 26 heavy (non-hydrogen) atoms. The molecule has 2 bridgehead atoms. The van der Waals surface area contributed by atoms with Gasteiger partial charge in [0, 0.05) is 0 Å². The number of nitrogens with one attached hydrogen (secondary N) is 1. The maximum absolute atomic E-state index is 12.9. The molecule has 0 spiro atoms. The lowest BCUT2D eigenvalue weighted by molar-refractivity contribution is -0.237. The predicted octanol–water partition coefficient (Wildman–Crippen LogP) is 3.54. The molecule has 0 saturated carbocycles. The monoisotopic (exact) mass is 379 g/mol. The molecule has 2 aliphatic rings. The highest BCUT2D eigenvalue weighted by molar-refractivity contribution is 7.48. The van der Waals surface area contributed by atoms with E-state index in [4.69, 9.17) is 23.4 Å². The number of hydrogen-bond acceptors (Lipinski definition) is 8. The zero-order valence-corrected chi connectivity index (χ0v) is 15.1. The maximum atomic E-state index is 12.9. The summed E-state index contributed by atoms with van der Waals surface area (Å²) in [6.45, 7) is 3.02. The quantitative estimate of drug-likeness (QED) is 0.284. The van der Waals surface area contributed by atoms with Gasteiger partial charge in [0.05, 0.1) is 0 Å². The molecular formula is C17H18NO7P. The molecular weight excluding hydrogens is 361 g/mol. The minimum atomic E-state index is -4.23. The van der Waals surface area contributed by atoms with Gasteiger partial charge in [0.1, 0.15) is 23.6 Å². The second-order valence-corrected chi connectivity index (χ2v) is 7.45. The Labute approximate surface area is 150 Å². The van der Waals surface area contributed by atoms with Crippen LogP contribution in [0.3, 0.4) is 0 Å². The second kappa shape index (κ2) is 7.57. The molecule has 2 aromatic rings. The maximum Gasteiger partial charge on any atom is 0.574 e. The van der Waals surface area contributed by atoms with Gasteiger partial charge in [-0.1, -0.05) is 30.3 Å². The molecule has 0 radical (unpaired) electrons. The van der Waals surface area contributed by atoms with E-state index in [1.807, 2.05) is 30.3 Å². The lowest BCUT2D eigenvalue weighted by atomic mass is 10.1. The van der Waals surface area contributed by atoms with Crippen molar-refractivity contribution >= 4 is 13.8 Å². The summed E-state index contributed by atoms with van der Waals surface area (Å²) in [5, 5.41) is 0. The fourth-order valence-corrected chi connectivity index (χ4v) is 2.93. The molecule has 0 aromatic heterocycles. The van der Waals surface area contributed by atoms with E-state index in [-0.39, 0.29) is 12.4 Å². The minimum Gasteiger partial charge on any atom is -0.425 e. The predicted molar refractivity (Wildman–Crippen MR) is 90.9 cm³/mol. The van der Waals surface area contributed by atoms with Gasteiger partial charge in [-0.05, 0) is 43.7 Å². The summed E-state index contributed by atoms with van der Waals surface area (Å²) in [5.74, 6) is -0.128. The summed E-state index contributed by atoms with van der Waals surface area (Å²) in [4.78, 5) is 17.2. The zero-order valence-electron chi connectivity index (χ0n) is 14.2. The fourth-order valence-electron chi connectivity index (χ4n) is 1.93. The van der Waals surface area contributed by atoms with Crippen molar-refractivity contribution in [3.63, 3.8) is 0 Å². The van der Waals surface area contributed by atoms with Crippen LogP contribution in [0, 0.1) is 0 Å². The van der Waals surface area contributed by atoms with Crippen LogP contribution in [-0.2, 0) is 30.2 Å². The number of esters is 1. The number of phosphoric acid groups is 1. The average molecular weight is 379 g/mol. The van der Waals surface area contributed by atoms with Gasteiger partial charge < -0.3 is 9.26 Å². The first-order chi connectivity index (χ1) is 12.4. The average Bonchev–Trinajstić information content (AvgIpc) is 2.64. The molecule has 0 fully saturated rings. The van der Waals surface area contributed by atoms with E-state index < -0.39 is 19.3 Å². The van der Waals surface area contributed by atoms with Gasteiger partial charge in [-0.2, -0.15) is 10.1 Å².